The van der Waals surface area contributed by atoms with Crippen molar-refractivity contribution in [3.8, 4) is 0 Å². The molecule has 6 heteroatoms. The Bertz CT molecular complexity index is 488. The average Bonchev–Trinajstić information content (AvgIpc) is 2.55. The molecule has 0 radical (unpaired) electrons. The van der Waals surface area contributed by atoms with Gasteiger partial charge in [-0.15, -0.1) is 0 Å². The molecular weight excluding hydrogens is 388 g/mol. The number of unbranched alkanes of at least 4 members (excludes halogenated alkanes) is 2. The Morgan fingerprint density at radius 3 is 2.00 bits per heavy atom. The highest BCUT2D eigenvalue weighted by Gasteiger charge is 2.37. The van der Waals surface area contributed by atoms with Crippen LogP contribution in [0.15, 0.2) is 0 Å². The molecule has 0 aromatic heterocycles. The standard InChI is InChI=1S/C24H45F2NO3/c1-22(2,3)28-15-9-7-8-12-24(25,26)18-27-13-10-19(11-14-27)29-20-16-21(17-20)30-23(4,5)6/h19-21H,7-18H2,1-6H3. The SMILES string of the molecule is CC(C)(C)OCCCCCC(F)(F)CN1CCC(OC2CC(OC(C)(C)C)C2)CC1. The number of halogens is 2. The molecule has 0 amide bonds. The van der Waals surface area contributed by atoms with Gasteiger partial charge in [-0.3, -0.25) is 4.90 Å². The van der Waals surface area contributed by atoms with Crippen molar-refractivity contribution >= 4 is 0 Å². The van der Waals surface area contributed by atoms with Crippen LogP contribution in [0.4, 0.5) is 8.78 Å². The quantitative estimate of drug-likeness (QED) is 0.384. The van der Waals surface area contributed by atoms with Crippen LogP contribution in [0.3, 0.4) is 0 Å². The molecule has 1 saturated heterocycles. The minimum atomic E-state index is -2.61. The first-order valence-corrected chi connectivity index (χ1v) is 11.9. The zero-order valence-electron chi connectivity index (χ0n) is 20.1. The number of alkyl halides is 2. The summed E-state index contributed by atoms with van der Waals surface area (Å²) in [4.78, 5) is 1.91. The van der Waals surface area contributed by atoms with Gasteiger partial charge in [-0.25, -0.2) is 8.78 Å². The minimum Gasteiger partial charge on any atom is -0.376 e. The first kappa shape index (κ1) is 26.0. The molecule has 1 aliphatic heterocycles. The Morgan fingerprint density at radius 2 is 1.43 bits per heavy atom. The molecule has 178 valence electrons. The maximum atomic E-state index is 14.3. The third-order valence-corrected chi connectivity index (χ3v) is 5.67. The van der Waals surface area contributed by atoms with Crippen LogP contribution >= 0.6 is 0 Å². The lowest BCUT2D eigenvalue weighted by Crippen LogP contribution is -2.47. The lowest BCUT2D eigenvalue weighted by atomic mass is 9.90. The van der Waals surface area contributed by atoms with Gasteiger partial charge in [-0.2, -0.15) is 0 Å². The largest absolute Gasteiger partial charge is 0.376 e. The molecule has 0 bridgehead atoms. The number of likely N-dealkylation sites (tertiary alicyclic amines) is 1. The van der Waals surface area contributed by atoms with E-state index in [1.54, 1.807) is 0 Å². The third-order valence-electron chi connectivity index (χ3n) is 5.67. The van der Waals surface area contributed by atoms with Crippen molar-refractivity contribution in [1.82, 2.24) is 4.90 Å². The predicted molar refractivity (Wildman–Crippen MR) is 117 cm³/mol. The van der Waals surface area contributed by atoms with Crippen molar-refractivity contribution in [3.63, 3.8) is 0 Å². The monoisotopic (exact) mass is 433 g/mol. The Labute approximate surface area is 183 Å². The van der Waals surface area contributed by atoms with Crippen LogP contribution in [0.2, 0.25) is 0 Å². The summed E-state index contributed by atoms with van der Waals surface area (Å²) in [6.45, 7) is 14.2. The Hall–Kier alpha value is -0.300. The molecular formula is C24H45F2NO3. The van der Waals surface area contributed by atoms with Crippen molar-refractivity contribution < 1.29 is 23.0 Å². The van der Waals surface area contributed by atoms with Gasteiger partial charge in [-0.05, 0) is 80.1 Å². The minimum absolute atomic E-state index is 0.0316. The first-order valence-electron chi connectivity index (χ1n) is 11.9. The number of rotatable bonds is 11. The molecule has 2 rings (SSSR count). The van der Waals surface area contributed by atoms with E-state index in [0.717, 1.165) is 38.5 Å². The Balaban J connectivity index is 1.53. The molecule has 30 heavy (non-hydrogen) atoms. The van der Waals surface area contributed by atoms with E-state index in [1.807, 2.05) is 25.7 Å². The van der Waals surface area contributed by atoms with Crippen LogP contribution in [-0.4, -0.2) is 66.6 Å². The van der Waals surface area contributed by atoms with Gasteiger partial charge in [0.15, 0.2) is 0 Å². The van der Waals surface area contributed by atoms with Crippen molar-refractivity contribution in [2.75, 3.05) is 26.2 Å². The van der Waals surface area contributed by atoms with Gasteiger partial charge in [0.05, 0.1) is 36.1 Å². The van der Waals surface area contributed by atoms with Crippen molar-refractivity contribution in [2.45, 2.75) is 128 Å². The average molecular weight is 434 g/mol. The summed E-state index contributed by atoms with van der Waals surface area (Å²) < 4.78 is 46.4. The molecule has 0 aromatic carbocycles. The van der Waals surface area contributed by atoms with E-state index >= 15 is 0 Å². The van der Waals surface area contributed by atoms with Crippen LogP contribution in [0.25, 0.3) is 0 Å². The molecule has 0 spiro atoms. The fourth-order valence-electron chi connectivity index (χ4n) is 4.15. The molecule has 0 N–H and O–H groups in total. The fraction of sp³-hybridized carbons (Fsp3) is 1.00. The van der Waals surface area contributed by atoms with Crippen LogP contribution in [0.5, 0.6) is 0 Å². The zero-order valence-corrected chi connectivity index (χ0v) is 20.1. The van der Waals surface area contributed by atoms with Gasteiger partial charge in [0.2, 0.25) is 0 Å². The van der Waals surface area contributed by atoms with Crippen LogP contribution in [0.1, 0.15) is 92.9 Å². The maximum Gasteiger partial charge on any atom is 0.260 e. The second-order valence-electron chi connectivity index (χ2n) is 11.2. The molecule has 1 aliphatic carbocycles. The normalized spacial score (nSPS) is 24.8. The summed E-state index contributed by atoms with van der Waals surface area (Å²) >= 11 is 0. The lowest BCUT2D eigenvalue weighted by Gasteiger charge is -2.42. The van der Waals surface area contributed by atoms with Gasteiger partial charge in [0, 0.05) is 26.1 Å². The molecule has 4 nitrogen and oxygen atoms in total. The molecule has 0 aromatic rings. The molecule has 2 aliphatic rings. The summed E-state index contributed by atoms with van der Waals surface area (Å²) in [7, 11) is 0. The molecule has 1 saturated carbocycles. The fourth-order valence-corrected chi connectivity index (χ4v) is 4.15. The van der Waals surface area contributed by atoms with Crippen LogP contribution < -0.4 is 0 Å². The smallest absolute Gasteiger partial charge is 0.260 e. The van der Waals surface area contributed by atoms with E-state index in [-0.39, 0.29) is 36.4 Å². The number of hydrogen-bond donors (Lipinski definition) is 0. The van der Waals surface area contributed by atoms with E-state index in [0.29, 0.717) is 32.2 Å². The summed E-state index contributed by atoms with van der Waals surface area (Å²) in [6, 6.07) is 0. The maximum absolute atomic E-state index is 14.3. The van der Waals surface area contributed by atoms with E-state index < -0.39 is 5.92 Å². The molecule has 0 atom stereocenters. The highest BCUT2D eigenvalue weighted by molar-refractivity contribution is 4.86. The molecule has 2 fully saturated rings. The number of ether oxygens (including phenoxy) is 3. The number of nitrogens with zero attached hydrogens (tertiary/aromatic N) is 1. The van der Waals surface area contributed by atoms with Gasteiger partial charge >= 0.3 is 0 Å². The van der Waals surface area contributed by atoms with E-state index in [1.165, 1.54) is 0 Å². The number of hydrogen-bond acceptors (Lipinski definition) is 4. The van der Waals surface area contributed by atoms with E-state index in [4.69, 9.17) is 14.2 Å². The topological polar surface area (TPSA) is 30.9 Å². The summed E-state index contributed by atoms with van der Waals surface area (Å²) in [5, 5.41) is 0. The number of piperidine rings is 1. The van der Waals surface area contributed by atoms with Crippen molar-refractivity contribution in [3.05, 3.63) is 0 Å². The highest BCUT2D eigenvalue weighted by Crippen LogP contribution is 2.32. The second-order valence-corrected chi connectivity index (χ2v) is 11.2. The van der Waals surface area contributed by atoms with E-state index in [2.05, 4.69) is 20.8 Å². The van der Waals surface area contributed by atoms with Crippen LogP contribution in [0, 0.1) is 0 Å². The van der Waals surface area contributed by atoms with Gasteiger partial charge < -0.3 is 14.2 Å². The van der Waals surface area contributed by atoms with Gasteiger partial charge in [0.25, 0.3) is 5.92 Å². The van der Waals surface area contributed by atoms with Crippen LogP contribution in [-0.2, 0) is 14.2 Å². The third kappa shape index (κ3) is 10.8. The summed E-state index contributed by atoms with van der Waals surface area (Å²) in [5.41, 5.74) is -0.257. The molecule has 0 unspecified atom stereocenters. The second kappa shape index (κ2) is 11.0. The first-order chi connectivity index (χ1) is 13.8. The lowest BCUT2D eigenvalue weighted by molar-refractivity contribution is -0.169. The van der Waals surface area contributed by atoms with Gasteiger partial charge in [0.1, 0.15) is 0 Å². The Kier molecular flexibility index (Phi) is 9.54. The predicted octanol–water partition coefficient (Wildman–Crippen LogP) is 5.82. The summed E-state index contributed by atoms with van der Waals surface area (Å²) in [5.74, 6) is -2.61. The van der Waals surface area contributed by atoms with Crippen molar-refractivity contribution in [1.29, 1.82) is 0 Å². The Morgan fingerprint density at radius 1 is 0.800 bits per heavy atom. The molecule has 1 heterocycles. The van der Waals surface area contributed by atoms with E-state index in [9.17, 15) is 8.78 Å². The van der Waals surface area contributed by atoms with Crippen molar-refractivity contribution in [2.24, 2.45) is 0 Å². The van der Waals surface area contributed by atoms with Gasteiger partial charge in [-0.1, -0.05) is 6.42 Å². The zero-order chi connectivity index (χ0) is 22.4. The highest BCUT2D eigenvalue weighted by atomic mass is 19.3. The summed E-state index contributed by atoms with van der Waals surface area (Å²) in [6.07, 6.45) is 6.55.